The van der Waals surface area contributed by atoms with Crippen molar-refractivity contribution in [1.29, 1.82) is 0 Å². The maximum Gasteiger partial charge on any atom is 0.281 e. The fourth-order valence-electron chi connectivity index (χ4n) is 2.16. The first-order valence-corrected chi connectivity index (χ1v) is 6.28. The lowest BCUT2D eigenvalue weighted by Crippen LogP contribution is -2.25. The molecule has 108 valence electrons. The molecule has 0 spiro atoms. The molecule has 0 amide bonds. The highest BCUT2D eigenvalue weighted by atomic mass is 16.5. The first kappa shape index (κ1) is 13.1. The van der Waals surface area contributed by atoms with Gasteiger partial charge in [-0.2, -0.15) is 5.10 Å². The molecule has 0 fully saturated rings. The van der Waals surface area contributed by atoms with E-state index < -0.39 is 0 Å². The molecule has 8 heteroatoms. The lowest BCUT2D eigenvalue weighted by Gasteiger charge is -2.09. The summed E-state index contributed by atoms with van der Waals surface area (Å²) in [6, 6.07) is 5.24. The van der Waals surface area contributed by atoms with Crippen LogP contribution in [0.2, 0.25) is 0 Å². The Morgan fingerprint density at radius 1 is 1.38 bits per heavy atom. The SMILES string of the molecule is COc1ccc(N)cc1Cn1nnc2c(cnn2C)c1=O. The van der Waals surface area contributed by atoms with Crippen molar-refractivity contribution >= 4 is 16.7 Å². The van der Waals surface area contributed by atoms with Crippen molar-refractivity contribution < 1.29 is 4.74 Å². The quantitative estimate of drug-likeness (QED) is 0.688. The van der Waals surface area contributed by atoms with Crippen LogP contribution in [0.25, 0.3) is 11.0 Å². The predicted molar refractivity (Wildman–Crippen MR) is 77.1 cm³/mol. The van der Waals surface area contributed by atoms with E-state index in [0.29, 0.717) is 22.5 Å². The zero-order chi connectivity index (χ0) is 15.0. The van der Waals surface area contributed by atoms with Crippen molar-refractivity contribution in [3.63, 3.8) is 0 Å². The Morgan fingerprint density at radius 3 is 2.95 bits per heavy atom. The molecule has 0 saturated carbocycles. The Morgan fingerprint density at radius 2 is 2.19 bits per heavy atom. The second-order valence-corrected chi connectivity index (χ2v) is 4.63. The lowest BCUT2D eigenvalue weighted by molar-refractivity contribution is 0.406. The van der Waals surface area contributed by atoms with Crippen LogP contribution < -0.4 is 16.0 Å². The minimum absolute atomic E-state index is 0.227. The van der Waals surface area contributed by atoms with Gasteiger partial charge < -0.3 is 10.5 Å². The Bertz CT molecular complexity index is 867. The summed E-state index contributed by atoms with van der Waals surface area (Å²) in [7, 11) is 3.27. The summed E-state index contributed by atoms with van der Waals surface area (Å²) >= 11 is 0. The number of benzene rings is 1. The molecule has 0 aliphatic rings. The summed E-state index contributed by atoms with van der Waals surface area (Å²) in [6.45, 7) is 0.227. The van der Waals surface area contributed by atoms with E-state index >= 15 is 0 Å². The van der Waals surface area contributed by atoms with Gasteiger partial charge in [0.2, 0.25) is 0 Å². The van der Waals surface area contributed by atoms with Crippen molar-refractivity contribution in [3.8, 4) is 5.75 Å². The van der Waals surface area contributed by atoms with Crippen LogP contribution >= 0.6 is 0 Å². The van der Waals surface area contributed by atoms with Gasteiger partial charge in [0.15, 0.2) is 5.65 Å². The lowest BCUT2D eigenvalue weighted by atomic mass is 10.2. The molecule has 3 aromatic rings. The van der Waals surface area contributed by atoms with Crippen LogP contribution in [0, 0.1) is 0 Å². The summed E-state index contributed by atoms with van der Waals surface area (Å²) < 4.78 is 8.04. The third-order valence-electron chi connectivity index (χ3n) is 3.24. The number of nitrogens with zero attached hydrogens (tertiary/aromatic N) is 5. The summed E-state index contributed by atoms with van der Waals surface area (Å²) in [5.41, 5.74) is 7.33. The third-order valence-corrected chi connectivity index (χ3v) is 3.24. The van der Waals surface area contributed by atoms with Gasteiger partial charge in [0, 0.05) is 18.3 Å². The number of anilines is 1. The molecule has 21 heavy (non-hydrogen) atoms. The molecule has 2 N–H and O–H groups in total. The normalized spacial score (nSPS) is 11.0. The maximum atomic E-state index is 12.4. The number of nitrogens with two attached hydrogens (primary N) is 1. The molecule has 2 heterocycles. The second kappa shape index (κ2) is 4.89. The summed E-state index contributed by atoms with van der Waals surface area (Å²) in [4.78, 5) is 12.4. The van der Waals surface area contributed by atoms with Gasteiger partial charge >= 0.3 is 0 Å². The molecule has 0 saturated heterocycles. The van der Waals surface area contributed by atoms with Crippen LogP contribution in [0.3, 0.4) is 0 Å². The standard InChI is InChI=1S/C13H14N6O2/c1-18-12-10(6-15-18)13(20)19(17-16-12)7-8-5-9(14)3-4-11(8)21-2/h3-6H,7,14H2,1-2H3. The monoisotopic (exact) mass is 286 g/mol. The van der Waals surface area contributed by atoms with E-state index in [1.54, 1.807) is 32.4 Å². The van der Waals surface area contributed by atoms with Crippen LogP contribution in [-0.2, 0) is 13.6 Å². The molecule has 0 atom stereocenters. The zero-order valence-electron chi connectivity index (χ0n) is 11.6. The number of methoxy groups -OCH3 is 1. The Labute approximate surface area is 119 Å². The van der Waals surface area contributed by atoms with Crippen LogP contribution in [0.4, 0.5) is 5.69 Å². The zero-order valence-corrected chi connectivity index (χ0v) is 11.6. The summed E-state index contributed by atoms with van der Waals surface area (Å²) in [5, 5.41) is 12.4. The average Bonchev–Trinajstić information content (AvgIpc) is 2.84. The van der Waals surface area contributed by atoms with E-state index in [1.165, 1.54) is 15.6 Å². The highest BCUT2D eigenvalue weighted by molar-refractivity contribution is 5.72. The van der Waals surface area contributed by atoms with Gasteiger partial charge in [-0.1, -0.05) is 5.21 Å². The highest BCUT2D eigenvalue weighted by Crippen LogP contribution is 2.21. The smallest absolute Gasteiger partial charge is 0.281 e. The summed E-state index contributed by atoms with van der Waals surface area (Å²) in [5.74, 6) is 0.643. The summed E-state index contributed by atoms with van der Waals surface area (Å²) in [6.07, 6.45) is 1.49. The Hall–Kier alpha value is -2.90. The van der Waals surface area contributed by atoms with Gasteiger partial charge in [-0.3, -0.25) is 4.79 Å². The molecule has 0 aliphatic heterocycles. The van der Waals surface area contributed by atoms with Gasteiger partial charge in [0.05, 0.1) is 19.9 Å². The molecule has 0 bridgehead atoms. The van der Waals surface area contributed by atoms with Crippen molar-refractivity contribution in [2.75, 3.05) is 12.8 Å². The van der Waals surface area contributed by atoms with Gasteiger partial charge in [0.25, 0.3) is 5.56 Å². The van der Waals surface area contributed by atoms with Crippen molar-refractivity contribution in [2.45, 2.75) is 6.54 Å². The van der Waals surface area contributed by atoms with Gasteiger partial charge in [-0.25, -0.2) is 9.36 Å². The van der Waals surface area contributed by atoms with Gasteiger partial charge in [-0.05, 0) is 18.2 Å². The molecule has 0 radical (unpaired) electrons. The second-order valence-electron chi connectivity index (χ2n) is 4.63. The van der Waals surface area contributed by atoms with Crippen molar-refractivity contribution in [1.82, 2.24) is 24.8 Å². The molecule has 2 aromatic heterocycles. The maximum absolute atomic E-state index is 12.4. The van der Waals surface area contributed by atoms with E-state index in [4.69, 9.17) is 10.5 Å². The fraction of sp³-hybridized carbons (Fsp3) is 0.231. The number of aromatic nitrogens is 5. The molecular weight excluding hydrogens is 272 g/mol. The Balaban J connectivity index is 2.08. The first-order chi connectivity index (χ1) is 10.1. The number of rotatable bonds is 3. The topological polar surface area (TPSA) is 101 Å². The molecule has 0 unspecified atom stereocenters. The van der Waals surface area contributed by atoms with Crippen LogP contribution in [0.5, 0.6) is 5.75 Å². The minimum atomic E-state index is -0.252. The third kappa shape index (κ3) is 2.20. The van der Waals surface area contributed by atoms with E-state index in [0.717, 1.165) is 5.56 Å². The number of nitrogen functional groups attached to an aromatic ring is 1. The number of hydrogen-bond donors (Lipinski definition) is 1. The Kier molecular flexibility index (Phi) is 3.05. The largest absolute Gasteiger partial charge is 0.496 e. The van der Waals surface area contributed by atoms with Gasteiger partial charge in [-0.15, -0.1) is 5.10 Å². The number of fused-ring (bicyclic) bond motifs is 1. The molecular formula is C13H14N6O2. The number of aryl methyl sites for hydroxylation is 1. The van der Waals surface area contributed by atoms with Crippen LogP contribution in [-0.4, -0.2) is 31.9 Å². The molecule has 0 aliphatic carbocycles. The van der Waals surface area contributed by atoms with Crippen LogP contribution in [0.1, 0.15) is 5.56 Å². The predicted octanol–water partition coefficient (Wildman–Crippen LogP) is 0.164. The van der Waals surface area contributed by atoms with Gasteiger partial charge in [0.1, 0.15) is 11.1 Å². The molecule has 3 rings (SSSR count). The van der Waals surface area contributed by atoms with E-state index in [2.05, 4.69) is 15.4 Å². The van der Waals surface area contributed by atoms with E-state index in [1.807, 2.05) is 0 Å². The minimum Gasteiger partial charge on any atom is -0.496 e. The van der Waals surface area contributed by atoms with Crippen LogP contribution in [0.15, 0.2) is 29.2 Å². The highest BCUT2D eigenvalue weighted by Gasteiger charge is 2.12. The average molecular weight is 286 g/mol. The number of hydrogen-bond acceptors (Lipinski definition) is 6. The van der Waals surface area contributed by atoms with E-state index in [9.17, 15) is 4.79 Å². The first-order valence-electron chi connectivity index (χ1n) is 6.28. The van der Waals surface area contributed by atoms with E-state index in [-0.39, 0.29) is 12.1 Å². The number of ether oxygens (including phenoxy) is 1. The van der Waals surface area contributed by atoms with Crippen molar-refractivity contribution in [2.24, 2.45) is 7.05 Å². The molecule has 1 aromatic carbocycles. The van der Waals surface area contributed by atoms with Crippen molar-refractivity contribution in [3.05, 3.63) is 40.3 Å². The fourth-order valence-corrected chi connectivity index (χ4v) is 2.16. The molecule has 8 nitrogen and oxygen atoms in total.